The molecule has 0 heterocycles. The van der Waals surface area contributed by atoms with Crippen LogP contribution in [0.3, 0.4) is 0 Å². The first-order chi connectivity index (χ1) is 50.6. The van der Waals surface area contributed by atoms with Crippen LogP contribution in [-0.2, 0) is 33.3 Å². The van der Waals surface area contributed by atoms with Crippen LogP contribution in [0, 0.1) is 0 Å². The molecule has 0 aromatic rings. The van der Waals surface area contributed by atoms with Crippen molar-refractivity contribution in [1.82, 2.24) is 0 Å². The van der Waals surface area contributed by atoms with Gasteiger partial charge < -0.3 is 28.5 Å². The van der Waals surface area contributed by atoms with Crippen molar-refractivity contribution >= 4 is 17.9 Å². The number of rotatable bonds is 71. The highest BCUT2D eigenvalue weighted by atomic mass is 16.7. The molecule has 0 saturated carbocycles. The highest BCUT2D eigenvalue weighted by Gasteiger charge is 2.25. The summed E-state index contributed by atoms with van der Waals surface area (Å²) >= 11 is 0. The van der Waals surface area contributed by atoms with Gasteiger partial charge in [-0.25, -0.2) is 4.79 Å². The van der Waals surface area contributed by atoms with Gasteiger partial charge >= 0.3 is 17.9 Å². The summed E-state index contributed by atoms with van der Waals surface area (Å²) in [4.78, 5) is 37.8. The highest BCUT2D eigenvalue weighted by molar-refractivity contribution is 5.71. The number of ether oxygens (including phenoxy) is 4. The van der Waals surface area contributed by atoms with E-state index in [9.17, 15) is 19.5 Å². The minimum Gasteiger partial charge on any atom is -0.477 e. The molecule has 0 aliphatic carbocycles. The molecule has 0 radical (unpaired) electrons. The average Bonchev–Trinajstić information content (AvgIpc) is 0.985. The quantitative estimate of drug-likeness (QED) is 0.0211. The van der Waals surface area contributed by atoms with Crippen LogP contribution in [0.1, 0.15) is 271 Å². The SMILES string of the molecule is CC/C=C\C/C=C\C/C=C\C/C=C\C/C=C\C/C=C\C/C=C\C/C=C\C/C=C\C/C=C\C/C=C\CCCCCCCC(=O)OC(COC(=O)CCCCCCCCCCCCC/C=C\C/C=C\C/C=C\C/C=C\C/C=C\C/C=C\C/C=C\C/C=C\C/C=C\CC)COC(OCC[N+](C)(C)C)C(=O)O. The lowest BCUT2D eigenvalue weighted by Crippen LogP contribution is -2.40. The van der Waals surface area contributed by atoms with Crippen molar-refractivity contribution in [2.45, 2.75) is 283 Å². The third kappa shape index (κ3) is 82.3. The molecule has 0 aromatic heterocycles. The maximum Gasteiger partial charge on any atom is 0.361 e. The number of carboxylic acids is 1. The van der Waals surface area contributed by atoms with E-state index in [0.717, 1.165) is 193 Å². The van der Waals surface area contributed by atoms with Crippen LogP contribution in [0.4, 0.5) is 0 Å². The Bertz CT molecular complexity index is 2610. The van der Waals surface area contributed by atoms with Crippen molar-refractivity contribution in [3.8, 4) is 0 Å². The summed E-state index contributed by atoms with van der Waals surface area (Å²) in [6.45, 7) is 4.60. The van der Waals surface area contributed by atoms with Gasteiger partial charge in [-0.3, -0.25) is 9.59 Å². The number of carboxylic acid groups (broad SMARTS) is 1. The van der Waals surface area contributed by atoms with Gasteiger partial charge in [-0.15, -0.1) is 0 Å². The molecule has 9 nitrogen and oxygen atoms in total. The summed E-state index contributed by atoms with van der Waals surface area (Å²) in [6.07, 6.45) is 127. The lowest BCUT2D eigenvalue weighted by Gasteiger charge is -2.25. The summed E-state index contributed by atoms with van der Waals surface area (Å²) in [5, 5.41) is 9.78. The molecule has 9 heteroatoms. The van der Waals surface area contributed by atoms with Crippen molar-refractivity contribution in [2.75, 3.05) is 47.5 Å². The van der Waals surface area contributed by atoms with Crippen molar-refractivity contribution in [2.24, 2.45) is 0 Å². The highest BCUT2D eigenvalue weighted by Crippen LogP contribution is 2.15. The van der Waals surface area contributed by atoms with Crippen LogP contribution >= 0.6 is 0 Å². The predicted molar refractivity (Wildman–Crippen MR) is 446 cm³/mol. The number of carbonyl (C=O) groups excluding carboxylic acids is 2. The first-order valence-electron chi connectivity index (χ1n) is 40.2. The van der Waals surface area contributed by atoms with Crippen LogP contribution in [-0.4, -0.2) is 87.4 Å². The number of hydrogen-bond acceptors (Lipinski definition) is 7. The van der Waals surface area contributed by atoms with Crippen molar-refractivity contribution in [3.05, 3.63) is 243 Å². The Morgan fingerprint density at radius 1 is 0.291 bits per heavy atom. The fraction of sp³-hybridized carbons (Fsp3) is 0.543. The fourth-order valence-corrected chi connectivity index (χ4v) is 10.1. The van der Waals surface area contributed by atoms with Crippen LogP contribution in [0.25, 0.3) is 0 Å². The second kappa shape index (κ2) is 80.8. The van der Waals surface area contributed by atoms with Crippen LogP contribution < -0.4 is 0 Å². The number of esters is 2. The summed E-state index contributed by atoms with van der Waals surface area (Å²) < 4.78 is 23.0. The fourth-order valence-electron chi connectivity index (χ4n) is 10.1. The molecule has 2 atom stereocenters. The number of allylic oxidation sites excluding steroid dienone is 40. The molecule has 0 amide bonds. The van der Waals surface area contributed by atoms with Crippen LogP contribution in [0.5, 0.6) is 0 Å². The second-order valence-corrected chi connectivity index (χ2v) is 26.9. The molecule has 0 bridgehead atoms. The number of unbranched alkanes of at least 4 members (excludes halogenated alkanes) is 16. The first kappa shape index (κ1) is 96.1. The Hall–Kier alpha value is -6.91. The Morgan fingerprint density at radius 3 is 0.777 bits per heavy atom. The largest absolute Gasteiger partial charge is 0.477 e. The van der Waals surface area contributed by atoms with E-state index in [2.05, 4.69) is 257 Å². The van der Waals surface area contributed by atoms with Gasteiger partial charge in [0.1, 0.15) is 13.2 Å². The smallest absolute Gasteiger partial charge is 0.361 e. The number of nitrogens with zero attached hydrogens (tertiary/aromatic N) is 1. The Balaban J connectivity index is 4.20. The van der Waals surface area contributed by atoms with Gasteiger partial charge in [0.25, 0.3) is 6.29 Å². The van der Waals surface area contributed by atoms with Gasteiger partial charge in [0, 0.05) is 12.8 Å². The lowest BCUT2D eigenvalue weighted by molar-refractivity contribution is -0.870. The summed E-state index contributed by atoms with van der Waals surface area (Å²) in [5.41, 5.74) is 0. The molecule has 0 rings (SSSR count). The van der Waals surface area contributed by atoms with E-state index in [1.54, 1.807) is 0 Å². The van der Waals surface area contributed by atoms with E-state index >= 15 is 0 Å². The van der Waals surface area contributed by atoms with Crippen LogP contribution in [0.2, 0.25) is 0 Å². The van der Waals surface area contributed by atoms with Crippen molar-refractivity contribution in [1.29, 1.82) is 0 Å². The van der Waals surface area contributed by atoms with E-state index in [0.29, 0.717) is 17.4 Å². The predicted octanol–water partition coefficient (Wildman–Crippen LogP) is 26.4. The Kier molecular flexibility index (Phi) is 75.4. The molecular formula is C94H146NO8+. The molecule has 574 valence electrons. The number of aliphatic carboxylic acids is 1. The minimum absolute atomic E-state index is 0.170. The van der Waals surface area contributed by atoms with Gasteiger partial charge in [0.2, 0.25) is 0 Å². The molecule has 103 heavy (non-hydrogen) atoms. The van der Waals surface area contributed by atoms with Gasteiger partial charge in [0.15, 0.2) is 6.10 Å². The molecule has 0 fully saturated rings. The molecule has 0 saturated heterocycles. The Morgan fingerprint density at radius 2 is 0.524 bits per heavy atom. The maximum absolute atomic E-state index is 13.0. The zero-order chi connectivity index (χ0) is 74.6. The van der Waals surface area contributed by atoms with E-state index < -0.39 is 24.3 Å². The van der Waals surface area contributed by atoms with E-state index in [1.165, 1.54) is 44.9 Å². The van der Waals surface area contributed by atoms with Gasteiger partial charge in [-0.1, -0.05) is 334 Å². The molecule has 0 aliphatic rings. The molecule has 0 spiro atoms. The van der Waals surface area contributed by atoms with E-state index in [1.807, 2.05) is 21.1 Å². The number of quaternary nitrogens is 1. The first-order valence-corrected chi connectivity index (χ1v) is 40.2. The van der Waals surface area contributed by atoms with Gasteiger partial charge in [0.05, 0.1) is 34.4 Å². The van der Waals surface area contributed by atoms with Crippen LogP contribution in [0.15, 0.2) is 243 Å². The van der Waals surface area contributed by atoms with E-state index in [-0.39, 0.29) is 38.6 Å². The lowest BCUT2D eigenvalue weighted by atomic mass is 10.0. The summed E-state index contributed by atoms with van der Waals surface area (Å²) in [7, 11) is 5.96. The number of carbonyl (C=O) groups is 3. The summed E-state index contributed by atoms with van der Waals surface area (Å²) in [6, 6.07) is 0. The molecule has 1 N–H and O–H groups in total. The minimum atomic E-state index is -1.53. The average molecular weight is 1420 g/mol. The molecule has 0 aliphatic heterocycles. The summed E-state index contributed by atoms with van der Waals surface area (Å²) in [5.74, 6) is -2.06. The van der Waals surface area contributed by atoms with E-state index in [4.69, 9.17) is 18.9 Å². The Labute approximate surface area is 631 Å². The topological polar surface area (TPSA) is 108 Å². The zero-order valence-electron chi connectivity index (χ0n) is 65.6. The normalized spacial score (nSPS) is 14.0. The standard InChI is InChI=1S/C94H145NO8/c1-6-8-10-12-14-16-18-20-22-24-26-28-30-32-34-36-38-40-42-44-46-48-50-52-54-56-58-60-62-64-66-68-70-72-74-76-78-80-82-84-91(96)101-88-90(89-102-94(93(98)99)100-87-86-95(3,4)5)103-92(97)85-83-81-79-77-75-73-71-69-67-65-63-61-59-57-55-53-51-49-47-45-43-41-39-37-35-33-31-29-27-25-23-21-19-17-15-13-11-9-7-2/h8-11,14-17,20-23,26-29,32-35,38-41,44-47,50-53,56-59,63,65,69,71,90,94H,6-7,12-13,18-19,24-25,30-31,36-37,42-43,48-49,54-55,60-62,64,66-68,70,72-89H2,1-5H3/p+1/b10-8-,11-9-,16-14-,17-15-,22-20-,23-21-,28-26-,29-27-,34-32-,35-33-,40-38-,41-39-,46-44-,47-45-,52-50-,53-51-,58-56-,59-57-,65-63-,71-69-. The zero-order valence-corrected chi connectivity index (χ0v) is 65.6. The van der Waals surface area contributed by atoms with Crippen molar-refractivity contribution in [3.63, 3.8) is 0 Å². The second-order valence-electron chi connectivity index (χ2n) is 26.9. The maximum atomic E-state index is 13.0. The number of hydrogen-bond donors (Lipinski definition) is 1. The van der Waals surface area contributed by atoms with Crippen molar-refractivity contribution < 1.29 is 42.9 Å². The van der Waals surface area contributed by atoms with Gasteiger partial charge in [-0.2, -0.15) is 0 Å². The monoisotopic (exact) mass is 1420 g/mol. The molecule has 0 aromatic carbocycles. The van der Waals surface area contributed by atoms with Gasteiger partial charge in [-0.05, 0) is 167 Å². The third-order valence-corrected chi connectivity index (χ3v) is 16.1. The number of likely N-dealkylation sites (N-methyl/N-ethyl adjacent to an activating group) is 1. The molecule has 2 unspecified atom stereocenters. The molecular weight excluding hydrogens is 1270 g/mol. The third-order valence-electron chi connectivity index (χ3n) is 16.1.